The lowest BCUT2D eigenvalue weighted by atomic mass is 9.84. The van der Waals surface area contributed by atoms with E-state index in [2.05, 4.69) is 17.6 Å². The van der Waals surface area contributed by atoms with E-state index in [-0.39, 0.29) is 5.91 Å². The van der Waals surface area contributed by atoms with Crippen LogP contribution in [0.3, 0.4) is 0 Å². The molecular formula is C14H26N2OS2. The Labute approximate surface area is 125 Å². The topological polar surface area (TPSA) is 41.1 Å². The van der Waals surface area contributed by atoms with Crippen molar-refractivity contribution in [2.24, 2.45) is 11.8 Å². The number of piperidine rings is 1. The molecule has 0 saturated carbocycles. The molecule has 1 amide bonds. The van der Waals surface area contributed by atoms with E-state index in [4.69, 9.17) is 0 Å². The summed E-state index contributed by atoms with van der Waals surface area (Å²) in [4.78, 5) is 12.0. The van der Waals surface area contributed by atoms with Gasteiger partial charge >= 0.3 is 0 Å². The lowest BCUT2D eigenvalue weighted by Gasteiger charge is -2.28. The summed E-state index contributed by atoms with van der Waals surface area (Å²) in [5, 5.41) is 7.14. The summed E-state index contributed by atoms with van der Waals surface area (Å²) in [6.45, 7) is 5.33. The zero-order valence-electron chi connectivity index (χ0n) is 11.8. The quantitative estimate of drug-likeness (QED) is 0.815. The lowest BCUT2D eigenvalue weighted by Crippen LogP contribution is -2.36. The Bertz CT molecular complexity index is 277. The summed E-state index contributed by atoms with van der Waals surface area (Å²) in [6.07, 6.45) is 3.16. The first-order chi connectivity index (χ1) is 9.25. The van der Waals surface area contributed by atoms with Crippen molar-refractivity contribution in [2.75, 3.05) is 36.9 Å². The Kier molecular flexibility index (Phi) is 6.88. The van der Waals surface area contributed by atoms with Gasteiger partial charge in [0.1, 0.15) is 0 Å². The predicted molar refractivity (Wildman–Crippen MR) is 86.0 cm³/mol. The number of thioether (sulfide) groups is 2. The highest BCUT2D eigenvalue weighted by Gasteiger charge is 2.22. The van der Waals surface area contributed by atoms with Crippen LogP contribution in [0.4, 0.5) is 0 Å². The summed E-state index contributed by atoms with van der Waals surface area (Å²) in [5.74, 6) is 5.19. The molecule has 0 radical (unpaired) electrons. The van der Waals surface area contributed by atoms with Crippen molar-refractivity contribution in [1.29, 1.82) is 0 Å². The number of amides is 1. The second kappa shape index (κ2) is 8.42. The molecule has 2 rings (SSSR count). The van der Waals surface area contributed by atoms with Gasteiger partial charge in [-0.1, -0.05) is 6.92 Å². The molecule has 2 aliphatic rings. The Morgan fingerprint density at radius 3 is 2.84 bits per heavy atom. The van der Waals surface area contributed by atoms with Crippen LogP contribution in [0.2, 0.25) is 0 Å². The van der Waals surface area contributed by atoms with Gasteiger partial charge in [0.25, 0.3) is 0 Å². The van der Waals surface area contributed by atoms with Gasteiger partial charge in [-0.3, -0.25) is 4.79 Å². The van der Waals surface area contributed by atoms with Gasteiger partial charge in [0, 0.05) is 35.5 Å². The first kappa shape index (κ1) is 15.5. The largest absolute Gasteiger partial charge is 0.355 e. The minimum atomic E-state index is 0.252. The van der Waals surface area contributed by atoms with Gasteiger partial charge in [-0.25, -0.2) is 0 Å². The van der Waals surface area contributed by atoms with E-state index in [0.717, 1.165) is 25.6 Å². The van der Waals surface area contributed by atoms with E-state index in [1.807, 2.05) is 23.5 Å². The molecule has 2 fully saturated rings. The molecule has 110 valence electrons. The molecule has 0 aliphatic carbocycles. The van der Waals surface area contributed by atoms with Crippen LogP contribution in [-0.2, 0) is 4.79 Å². The molecule has 19 heavy (non-hydrogen) atoms. The van der Waals surface area contributed by atoms with Crippen LogP contribution < -0.4 is 10.6 Å². The van der Waals surface area contributed by atoms with Crippen molar-refractivity contribution in [1.82, 2.24) is 10.6 Å². The van der Waals surface area contributed by atoms with E-state index in [9.17, 15) is 4.79 Å². The third kappa shape index (κ3) is 5.56. The third-order valence-corrected chi connectivity index (χ3v) is 6.95. The standard InChI is InChI=1S/C14H26N2OS2/c1-11(12-2-4-15-5-3-12)8-14(17)16-9-13-10-18-6-7-19-13/h11-13,15H,2-10H2,1H3,(H,16,17). The highest BCUT2D eigenvalue weighted by molar-refractivity contribution is 8.06. The van der Waals surface area contributed by atoms with E-state index in [1.165, 1.54) is 30.1 Å². The highest BCUT2D eigenvalue weighted by atomic mass is 32.2. The summed E-state index contributed by atoms with van der Waals surface area (Å²) in [7, 11) is 0. The Morgan fingerprint density at radius 1 is 1.37 bits per heavy atom. The van der Waals surface area contributed by atoms with Crippen molar-refractivity contribution in [2.45, 2.75) is 31.4 Å². The zero-order chi connectivity index (χ0) is 13.5. The van der Waals surface area contributed by atoms with E-state index < -0.39 is 0 Å². The Hall–Kier alpha value is 0.130. The van der Waals surface area contributed by atoms with Crippen LogP contribution >= 0.6 is 23.5 Å². The van der Waals surface area contributed by atoms with Crippen molar-refractivity contribution in [3.8, 4) is 0 Å². The Balaban J connectivity index is 1.62. The van der Waals surface area contributed by atoms with Gasteiger partial charge < -0.3 is 10.6 Å². The van der Waals surface area contributed by atoms with Crippen molar-refractivity contribution in [3.05, 3.63) is 0 Å². The summed E-state index contributed by atoms with van der Waals surface area (Å²) in [6, 6.07) is 0. The van der Waals surface area contributed by atoms with Crippen LogP contribution in [0.15, 0.2) is 0 Å². The fraction of sp³-hybridized carbons (Fsp3) is 0.929. The van der Waals surface area contributed by atoms with E-state index in [1.54, 1.807) is 0 Å². The molecule has 0 aromatic carbocycles. The van der Waals surface area contributed by atoms with Gasteiger partial charge in [-0.2, -0.15) is 23.5 Å². The number of carbonyl (C=O) groups is 1. The second-order valence-electron chi connectivity index (χ2n) is 5.64. The summed E-state index contributed by atoms with van der Waals surface area (Å²) >= 11 is 4.02. The van der Waals surface area contributed by atoms with Gasteiger partial charge in [0.15, 0.2) is 0 Å². The second-order valence-corrected chi connectivity index (χ2v) is 8.20. The number of carbonyl (C=O) groups excluding carboxylic acids is 1. The maximum atomic E-state index is 12.0. The van der Waals surface area contributed by atoms with E-state index >= 15 is 0 Å². The third-order valence-electron chi connectivity index (χ3n) is 4.11. The number of nitrogens with one attached hydrogen (secondary N) is 2. The molecule has 0 spiro atoms. The molecule has 0 bridgehead atoms. The summed E-state index contributed by atoms with van der Waals surface area (Å²) in [5.41, 5.74) is 0. The first-order valence-corrected chi connectivity index (χ1v) is 9.63. The van der Waals surface area contributed by atoms with Gasteiger partial charge in [-0.15, -0.1) is 0 Å². The SMILES string of the molecule is CC(CC(=O)NCC1CSCCS1)C1CCNCC1. The molecule has 2 heterocycles. The normalized spacial score (nSPS) is 26.9. The van der Waals surface area contributed by atoms with Gasteiger partial charge in [-0.05, 0) is 37.8 Å². The molecule has 0 aromatic heterocycles. The molecular weight excluding hydrogens is 276 g/mol. The average molecular weight is 303 g/mol. The molecule has 3 nitrogen and oxygen atoms in total. The number of hydrogen-bond donors (Lipinski definition) is 2. The molecule has 2 aliphatic heterocycles. The summed E-state index contributed by atoms with van der Waals surface area (Å²) < 4.78 is 0. The van der Waals surface area contributed by atoms with Gasteiger partial charge in [0.05, 0.1) is 0 Å². The molecule has 2 saturated heterocycles. The fourth-order valence-electron chi connectivity index (χ4n) is 2.83. The van der Waals surface area contributed by atoms with Crippen LogP contribution in [0, 0.1) is 11.8 Å². The van der Waals surface area contributed by atoms with Crippen LogP contribution in [0.5, 0.6) is 0 Å². The van der Waals surface area contributed by atoms with E-state index in [0.29, 0.717) is 17.6 Å². The molecule has 2 unspecified atom stereocenters. The predicted octanol–water partition coefficient (Wildman–Crippen LogP) is 1.98. The lowest BCUT2D eigenvalue weighted by molar-refractivity contribution is -0.122. The molecule has 0 aromatic rings. The molecule has 5 heteroatoms. The minimum absolute atomic E-state index is 0.252. The maximum Gasteiger partial charge on any atom is 0.220 e. The first-order valence-electron chi connectivity index (χ1n) is 7.42. The molecule has 2 N–H and O–H groups in total. The van der Waals surface area contributed by atoms with Crippen LogP contribution in [-0.4, -0.2) is 48.0 Å². The smallest absolute Gasteiger partial charge is 0.220 e. The number of hydrogen-bond acceptors (Lipinski definition) is 4. The van der Waals surface area contributed by atoms with Crippen LogP contribution in [0.1, 0.15) is 26.2 Å². The molecule has 2 atom stereocenters. The minimum Gasteiger partial charge on any atom is -0.355 e. The van der Waals surface area contributed by atoms with Crippen LogP contribution in [0.25, 0.3) is 0 Å². The number of rotatable bonds is 5. The highest BCUT2D eigenvalue weighted by Crippen LogP contribution is 2.25. The fourth-order valence-corrected chi connectivity index (χ4v) is 5.44. The van der Waals surface area contributed by atoms with Crippen molar-refractivity contribution >= 4 is 29.4 Å². The van der Waals surface area contributed by atoms with Gasteiger partial charge in [0.2, 0.25) is 5.91 Å². The zero-order valence-corrected chi connectivity index (χ0v) is 13.5. The van der Waals surface area contributed by atoms with Crippen molar-refractivity contribution < 1.29 is 4.79 Å². The maximum absolute atomic E-state index is 12.0. The monoisotopic (exact) mass is 302 g/mol. The average Bonchev–Trinajstić information content (AvgIpc) is 2.47. The van der Waals surface area contributed by atoms with Crippen molar-refractivity contribution in [3.63, 3.8) is 0 Å². The Morgan fingerprint density at radius 2 is 2.16 bits per heavy atom.